The van der Waals surface area contributed by atoms with Crippen molar-refractivity contribution in [1.82, 2.24) is 4.90 Å². The molecule has 0 aromatic carbocycles. The molecule has 2 aliphatic rings. The first-order chi connectivity index (χ1) is 7.31. The summed E-state index contributed by atoms with van der Waals surface area (Å²) in [7, 11) is 1.76. The van der Waals surface area contributed by atoms with E-state index in [-0.39, 0.29) is 0 Å². The van der Waals surface area contributed by atoms with Crippen molar-refractivity contribution in [3.8, 4) is 0 Å². The number of piperidine rings is 1. The smallest absolute Gasteiger partial charge is 0.225 e. The van der Waals surface area contributed by atoms with Crippen molar-refractivity contribution < 1.29 is 9.53 Å². The van der Waals surface area contributed by atoms with Crippen molar-refractivity contribution in [1.29, 1.82) is 0 Å². The van der Waals surface area contributed by atoms with Crippen molar-refractivity contribution in [3.05, 3.63) is 0 Å². The van der Waals surface area contributed by atoms with Gasteiger partial charge in [0, 0.05) is 26.1 Å². The Kier molecular flexibility index (Phi) is 3.62. The van der Waals surface area contributed by atoms with E-state index in [0.29, 0.717) is 17.9 Å². The standard InChI is InChI=1S/C12H21NO2/c1-15-11-6-8-13(9-7-11)12(14)10-4-2-3-5-10/h10-11H,2-9H2,1H3. The van der Waals surface area contributed by atoms with Gasteiger partial charge in [-0.2, -0.15) is 0 Å². The van der Waals surface area contributed by atoms with Gasteiger partial charge in [0.25, 0.3) is 0 Å². The van der Waals surface area contributed by atoms with Gasteiger partial charge in [-0.1, -0.05) is 12.8 Å². The van der Waals surface area contributed by atoms with Crippen molar-refractivity contribution in [2.75, 3.05) is 20.2 Å². The summed E-state index contributed by atoms with van der Waals surface area (Å²) in [5.74, 6) is 0.742. The molecule has 0 aromatic rings. The second kappa shape index (κ2) is 4.97. The molecule has 0 bridgehead atoms. The Balaban J connectivity index is 1.81. The number of carbonyl (C=O) groups is 1. The van der Waals surface area contributed by atoms with Gasteiger partial charge in [-0.15, -0.1) is 0 Å². The summed E-state index contributed by atoms with van der Waals surface area (Å²) in [6.07, 6.45) is 7.10. The number of hydrogen-bond acceptors (Lipinski definition) is 2. The lowest BCUT2D eigenvalue weighted by Gasteiger charge is -2.32. The molecule has 0 atom stereocenters. The highest BCUT2D eigenvalue weighted by atomic mass is 16.5. The molecule has 2 fully saturated rings. The van der Waals surface area contributed by atoms with Crippen LogP contribution in [0.2, 0.25) is 0 Å². The molecular weight excluding hydrogens is 190 g/mol. The number of hydrogen-bond donors (Lipinski definition) is 0. The molecule has 1 amide bonds. The maximum atomic E-state index is 12.1. The van der Waals surface area contributed by atoms with Gasteiger partial charge < -0.3 is 9.64 Å². The first kappa shape index (κ1) is 10.9. The lowest BCUT2D eigenvalue weighted by atomic mass is 10.0. The molecule has 0 unspecified atom stereocenters. The minimum Gasteiger partial charge on any atom is -0.381 e. The fraction of sp³-hybridized carbons (Fsp3) is 0.917. The highest BCUT2D eigenvalue weighted by Crippen LogP contribution is 2.27. The van der Waals surface area contributed by atoms with Crippen LogP contribution in [0.4, 0.5) is 0 Å². The first-order valence-electron chi connectivity index (χ1n) is 6.13. The van der Waals surface area contributed by atoms with Gasteiger partial charge in [-0.3, -0.25) is 4.79 Å². The molecule has 15 heavy (non-hydrogen) atoms. The zero-order chi connectivity index (χ0) is 10.7. The van der Waals surface area contributed by atoms with E-state index in [1.807, 2.05) is 4.90 Å². The first-order valence-corrected chi connectivity index (χ1v) is 6.13. The van der Waals surface area contributed by atoms with Crippen molar-refractivity contribution >= 4 is 5.91 Å². The Morgan fingerprint density at radius 3 is 2.27 bits per heavy atom. The molecule has 0 aromatic heterocycles. The van der Waals surface area contributed by atoms with Crippen LogP contribution in [0.25, 0.3) is 0 Å². The molecule has 0 spiro atoms. The fourth-order valence-corrected chi connectivity index (χ4v) is 2.74. The largest absolute Gasteiger partial charge is 0.381 e. The summed E-state index contributed by atoms with van der Waals surface area (Å²) in [6, 6.07) is 0. The van der Waals surface area contributed by atoms with E-state index in [0.717, 1.165) is 38.8 Å². The molecule has 86 valence electrons. The summed E-state index contributed by atoms with van der Waals surface area (Å²) in [6.45, 7) is 1.79. The van der Waals surface area contributed by atoms with Crippen LogP contribution in [-0.2, 0) is 9.53 Å². The monoisotopic (exact) mass is 211 g/mol. The van der Waals surface area contributed by atoms with E-state index in [1.54, 1.807) is 7.11 Å². The number of likely N-dealkylation sites (tertiary alicyclic amines) is 1. The fourth-order valence-electron chi connectivity index (χ4n) is 2.74. The number of nitrogens with zero attached hydrogens (tertiary/aromatic N) is 1. The average molecular weight is 211 g/mol. The van der Waals surface area contributed by atoms with Crippen molar-refractivity contribution in [2.24, 2.45) is 5.92 Å². The topological polar surface area (TPSA) is 29.5 Å². The van der Waals surface area contributed by atoms with Crippen LogP contribution in [0.3, 0.4) is 0 Å². The Bertz CT molecular complexity index is 216. The summed E-state index contributed by atoms with van der Waals surface area (Å²) in [5.41, 5.74) is 0. The van der Waals surface area contributed by atoms with Crippen molar-refractivity contribution in [2.45, 2.75) is 44.6 Å². The third-order valence-electron chi connectivity index (χ3n) is 3.79. The lowest BCUT2D eigenvalue weighted by Crippen LogP contribution is -2.43. The van der Waals surface area contributed by atoms with E-state index >= 15 is 0 Å². The number of amides is 1. The van der Waals surface area contributed by atoms with E-state index in [4.69, 9.17) is 4.74 Å². The zero-order valence-electron chi connectivity index (χ0n) is 9.58. The Labute approximate surface area is 91.8 Å². The average Bonchev–Trinajstić information content (AvgIpc) is 2.82. The lowest BCUT2D eigenvalue weighted by molar-refractivity contribution is -0.137. The second-order valence-electron chi connectivity index (χ2n) is 4.74. The van der Waals surface area contributed by atoms with Crippen LogP contribution in [0.1, 0.15) is 38.5 Å². The van der Waals surface area contributed by atoms with Gasteiger partial charge >= 0.3 is 0 Å². The molecule has 1 aliphatic carbocycles. The van der Waals surface area contributed by atoms with Crippen molar-refractivity contribution in [3.63, 3.8) is 0 Å². The van der Waals surface area contributed by atoms with Gasteiger partial charge in [-0.05, 0) is 25.7 Å². The molecule has 3 heteroatoms. The molecule has 2 rings (SSSR count). The summed E-state index contributed by atoms with van der Waals surface area (Å²) < 4.78 is 5.31. The normalized spacial score (nSPS) is 24.7. The Morgan fingerprint density at radius 1 is 1.13 bits per heavy atom. The predicted molar refractivity (Wildman–Crippen MR) is 58.6 cm³/mol. The van der Waals surface area contributed by atoms with Crippen LogP contribution >= 0.6 is 0 Å². The molecule has 0 radical (unpaired) electrons. The number of rotatable bonds is 2. The second-order valence-corrected chi connectivity index (χ2v) is 4.74. The van der Waals surface area contributed by atoms with Crippen LogP contribution in [0.5, 0.6) is 0 Å². The van der Waals surface area contributed by atoms with Gasteiger partial charge in [0.15, 0.2) is 0 Å². The SMILES string of the molecule is COC1CCN(C(=O)C2CCCC2)CC1. The number of carbonyl (C=O) groups excluding carboxylic acids is 1. The Hall–Kier alpha value is -0.570. The molecule has 0 N–H and O–H groups in total. The quantitative estimate of drug-likeness (QED) is 0.697. The predicted octanol–water partition coefficient (Wildman–Crippen LogP) is 1.81. The number of methoxy groups -OCH3 is 1. The van der Waals surface area contributed by atoms with Gasteiger partial charge in [0.2, 0.25) is 5.91 Å². The zero-order valence-corrected chi connectivity index (χ0v) is 9.58. The minimum atomic E-state index is 0.337. The van der Waals surface area contributed by atoms with E-state index in [1.165, 1.54) is 12.8 Å². The third kappa shape index (κ3) is 2.51. The van der Waals surface area contributed by atoms with E-state index in [2.05, 4.69) is 0 Å². The molecule has 1 saturated heterocycles. The van der Waals surface area contributed by atoms with E-state index in [9.17, 15) is 4.79 Å². The van der Waals surface area contributed by atoms with E-state index < -0.39 is 0 Å². The maximum absolute atomic E-state index is 12.1. The van der Waals surface area contributed by atoms with Gasteiger partial charge in [0.05, 0.1) is 6.10 Å². The van der Waals surface area contributed by atoms with Gasteiger partial charge in [0.1, 0.15) is 0 Å². The Morgan fingerprint density at radius 2 is 1.73 bits per heavy atom. The molecular formula is C12H21NO2. The van der Waals surface area contributed by atoms with Crippen LogP contribution in [0, 0.1) is 5.92 Å². The molecule has 1 aliphatic heterocycles. The number of ether oxygens (including phenoxy) is 1. The summed E-state index contributed by atoms with van der Waals surface area (Å²) in [4.78, 5) is 14.1. The minimum absolute atomic E-state index is 0.337. The molecule has 1 saturated carbocycles. The summed E-state index contributed by atoms with van der Waals surface area (Å²) >= 11 is 0. The van der Waals surface area contributed by atoms with Crippen LogP contribution < -0.4 is 0 Å². The third-order valence-corrected chi connectivity index (χ3v) is 3.79. The van der Waals surface area contributed by atoms with Gasteiger partial charge in [-0.25, -0.2) is 0 Å². The highest BCUT2D eigenvalue weighted by Gasteiger charge is 2.29. The molecule has 3 nitrogen and oxygen atoms in total. The van der Waals surface area contributed by atoms with Crippen LogP contribution in [-0.4, -0.2) is 37.1 Å². The molecule has 1 heterocycles. The summed E-state index contributed by atoms with van der Waals surface area (Å²) in [5, 5.41) is 0. The highest BCUT2D eigenvalue weighted by molar-refractivity contribution is 5.79. The van der Waals surface area contributed by atoms with Crippen LogP contribution in [0.15, 0.2) is 0 Å². The maximum Gasteiger partial charge on any atom is 0.225 e.